The molecule has 0 fully saturated rings. The maximum absolute atomic E-state index is 11.2. The number of carbonyl (C=O) groups is 1. The first kappa shape index (κ1) is 10.5. The van der Waals surface area contributed by atoms with E-state index in [9.17, 15) is 4.79 Å². The van der Waals surface area contributed by atoms with Gasteiger partial charge in [-0.25, -0.2) is 4.98 Å². The minimum Gasteiger partial charge on any atom is -0.336 e. The van der Waals surface area contributed by atoms with Gasteiger partial charge in [0.2, 0.25) is 5.91 Å². The molecule has 0 aliphatic rings. The van der Waals surface area contributed by atoms with Gasteiger partial charge in [0.05, 0.1) is 6.04 Å². The number of amides is 1. The quantitative estimate of drug-likeness (QED) is 0.727. The Kier molecular flexibility index (Phi) is 3.69. The molecule has 72 valence electrons. The minimum absolute atomic E-state index is 0.00579. The summed E-state index contributed by atoms with van der Waals surface area (Å²) in [4.78, 5) is 17.0. The van der Waals surface area contributed by atoms with Gasteiger partial charge < -0.3 is 4.90 Å². The molecule has 0 saturated carbocycles. The number of hydrogen-bond acceptors (Lipinski definition) is 3. The number of thiazole rings is 1. The summed E-state index contributed by atoms with van der Waals surface area (Å²) in [7, 11) is 1.73. The summed E-state index contributed by atoms with van der Waals surface area (Å²) in [5.74, 6) is -0.0592. The lowest BCUT2D eigenvalue weighted by Gasteiger charge is -2.21. The lowest BCUT2D eigenvalue weighted by Crippen LogP contribution is -2.30. The zero-order valence-electron chi connectivity index (χ0n) is 7.53. The van der Waals surface area contributed by atoms with Gasteiger partial charge in [0.15, 0.2) is 0 Å². The van der Waals surface area contributed by atoms with E-state index in [1.165, 1.54) is 11.3 Å². The Bertz CT molecular complexity index is 276. The Morgan fingerprint density at radius 1 is 1.85 bits per heavy atom. The molecule has 1 aromatic heterocycles. The fraction of sp³-hybridized carbons (Fsp3) is 0.500. The molecule has 0 aliphatic heterocycles. The smallest absolute Gasteiger partial charge is 0.237 e. The van der Waals surface area contributed by atoms with Crippen molar-refractivity contribution in [2.24, 2.45) is 0 Å². The van der Waals surface area contributed by atoms with Gasteiger partial charge in [-0.15, -0.1) is 22.9 Å². The van der Waals surface area contributed by atoms with Crippen molar-refractivity contribution in [3.8, 4) is 0 Å². The first-order valence-corrected chi connectivity index (χ1v) is 5.29. The molecule has 1 atom stereocenters. The van der Waals surface area contributed by atoms with Gasteiger partial charge in [-0.1, -0.05) is 0 Å². The number of nitrogens with zero attached hydrogens (tertiary/aromatic N) is 2. The van der Waals surface area contributed by atoms with E-state index in [1.807, 2.05) is 12.3 Å². The van der Waals surface area contributed by atoms with Gasteiger partial charge in [-0.2, -0.15) is 0 Å². The van der Waals surface area contributed by atoms with E-state index >= 15 is 0 Å². The van der Waals surface area contributed by atoms with Crippen LogP contribution in [0.25, 0.3) is 0 Å². The minimum atomic E-state index is -0.0793. The molecule has 1 aromatic rings. The van der Waals surface area contributed by atoms with Crippen LogP contribution < -0.4 is 0 Å². The third-order valence-corrected chi connectivity index (χ3v) is 3.07. The number of rotatable bonds is 3. The number of halogens is 1. The molecule has 0 bridgehead atoms. The topological polar surface area (TPSA) is 33.2 Å². The van der Waals surface area contributed by atoms with Crippen molar-refractivity contribution in [3.63, 3.8) is 0 Å². The molecular weight excluding hydrogens is 208 g/mol. The predicted molar refractivity (Wildman–Crippen MR) is 54.0 cm³/mol. The summed E-state index contributed by atoms with van der Waals surface area (Å²) in [5, 5.41) is 2.83. The van der Waals surface area contributed by atoms with Crippen molar-refractivity contribution in [1.29, 1.82) is 0 Å². The van der Waals surface area contributed by atoms with Crippen molar-refractivity contribution >= 4 is 28.8 Å². The van der Waals surface area contributed by atoms with Crippen LogP contribution in [0, 0.1) is 0 Å². The molecule has 0 unspecified atom stereocenters. The number of carbonyl (C=O) groups excluding carboxylic acids is 1. The molecule has 1 amide bonds. The summed E-state index contributed by atoms with van der Waals surface area (Å²) in [6.45, 7) is 1.93. The van der Waals surface area contributed by atoms with Crippen LogP contribution in [0.4, 0.5) is 0 Å². The first-order valence-electron chi connectivity index (χ1n) is 3.87. The maximum atomic E-state index is 11.2. The summed E-state index contributed by atoms with van der Waals surface area (Å²) in [6.07, 6.45) is 1.73. The lowest BCUT2D eigenvalue weighted by atomic mass is 10.3. The Morgan fingerprint density at radius 2 is 2.54 bits per heavy atom. The van der Waals surface area contributed by atoms with Gasteiger partial charge in [-0.05, 0) is 6.92 Å². The fourth-order valence-corrected chi connectivity index (χ4v) is 1.84. The lowest BCUT2D eigenvalue weighted by molar-refractivity contribution is -0.129. The highest BCUT2D eigenvalue weighted by molar-refractivity contribution is 7.09. The first-order chi connectivity index (χ1) is 6.16. The van der Waals surface area contributed by atoms with E-state index in [-0.39, 0.29) is 17.8 Å². The van der Waals surface area contributed by atoms with Crippen LogP contribution >= 0.6 is 22.9 Å². The van der Waals surface area contributed by atoms with Gasteiger partial charge in [0.25, 0.3) is 0 Å². The largest absolute Gasteiger partial charge is 0.336 e. The molecule has 0 saturated heterocycles. The Balaban J connectivity index is 2.68. The summed E-state index contributed by atoms with van der Waals surface area (Å²) < 4.78 is 0. The van der Waals surface area contributed by atoms with Crippen LogP contribution in [0.15, 0.2) is 11.6 Å². The molecule has 1 rings (SSSR count). The summed E-state index contributed by atoms with van der Waals surface area (Å²) in [6, 6.07) is 0.00579. The molecule has 1 heterocycles. The molecule has 3 nitrogen and oxygen atoms in total. The van der Waals surface area contributed by atoms with E-state index in [0.717, 1.165) is 5.01 Å². The molecule has 5 heteroatoms. The second kappa shape index (κ2) is 4.58. The molecule has 0 aliphatic carbocycles. The monoisotopic (exact) mass is 218 g/mol. The van der Waals surface area contributed by atoms with E-state index in [4.69, 9.17) is 11.6 Å². The second-order valence-corrected chi connectivity index (χ2v) is 3.88. The van der Waals surface area contributed by atoms with Crippen LogP contribution in [0.2, 0.25) is 0 Å². The van der Waals surface area contributed by atoms with Crippen molar-refractivity contribution in [1.82, 2.24) is 9.88 Å². The molecule has 13 heavy (non-hydrogen) atoms. The Morgan fingerprint density at radius 3 is 3.00 bits per heavy atom. The van der Waals surface area contributed by atoms with Gasteiger partial charge in [-0.3, -0.25) is 4.79 Å². The van der Waals surface area contributed by atoms with E-state index in [0.29, 0.717) is 0 Å². The van der Waals surface area contributed by atoms with Crippen molar-refractivity contribution in [3.05, 3.63) is 16.6 Å². The SMILES string of the molecule is C[C@@H](c1nccs1)N(C)C(=O)CCl. The van der Waals surface area contributed by atoms with Gasteiger partial charge >= 0.3 is 0 Å². The zero-order chi connectivity index (χ0) is 9.84. The van der Waals surface area contributed by atoms with E-state index < -0.39 is 0 Å². The highest BCUT2D eigenvalue weighted by atomic mass is 35.5. The standard InChI is InChI=1S/C8H11ClN2OS/c1-6(8-10-3-4-13-8)11(2)7(12)5-9/h3-4,6H,5H2,1-2H3/t6-/m0/s1. The number of alkyl halides is 1. The van der Waals surface area contributed by atoms with Gasteiger partial charge in [0.1, 0.15) is 10.9 Å². The van der Waals surface area contributed by atoms with Crippen LogP contribution in [0.1, 0.15) is 18.0 Å². The van der Waals surface area contributed by atoms with Crippen LogP contribution in [0.3, 0.4) is 0 Å². The molecule has 0 aromatic carbocycles. The van der Waals surface area contributed by atoms with Crippen LogP contribution in [0.5, 0.6) is 0 Å². The average Bonchev–Trinajstić information content (AvgIpc) is 2.67. The zero-order valence-corrected chi connectivity index (χ0v) is 9.10. The van der Waals surface area contributed by atoms with E-state index in [2.05, 4.69) is 4.98 Å². The normalized spacial score (nSPS) is 12.5. The van der Waals surface area contributed by atoms with Crippen molar-refractivity contribution < 1.29 is 4.79 Å². The van der Waals surface area contributed by atoms with Crippen LogP contribution in [-0.4, -0.2) is 28.7 Å². The van der Waals surface area contributed by atoms with Gasteiger partial charge in [0, 0.05) is 18.6 Å². The third kappa shape index (κ3) is 2.42. The average molecular weight is 219 g/mol. The molecular formula is C8H11ClN2OS. The Labute approximate surface area is 86.3 Å². The third-order valence-electron chi connectivity index (χ3n) is 1.90. The summed E-state index contributed by atoms with van der Waals surface area (Å²) in [5.41, 5.74) is 0. The molecule has 0 N–H and O–H groups in total. The molecule has 0 radical (unpaired) electrons. The van der Waals surface area contributed by atoms with Crippen molar-refractivity contribution in [2.75, 3.05) is 12.9 Å². The van der Waals surface area contributed by atoms with Crippen molar-refractivity contribution in [2.45, 2.75) is 13.0 Å². The maximum Gasteiger partial charge on any atom is 0.237 e. The second-order valence-electron chi connectivity index (χ2n) is 2.68. The van der Waals surface area contributed by atoms with Crippen LogP contribution in [-0.2, 0) is 4.79 Å². The highest BCUT2D eigenvalue weighted by Crippen LogP contribution is 2.20. The highest BCUT2D eigenvalue weighted by Gasteiger charge is 2.17. The fourth-order valence-electron chi connectivity index (χ4n) is 0.917. The number of aromatic nitrogens is 1. The Hall–Kier alpha value is -0.610. The predicted octanol–water partition coefficient (Wildman–Crippen LogP) is 1.90. The number of hydrogen-bond donors (Lipinski definition) is 0. The van der Waals surface area contributed by atoms with E-state index in [1.54, 1.807) is 18.1 Å². The summed E-state index contributed by atoms with van der Waals surface area (Å²) >= 11 is 6.98. The molecule has 0 spiro atoms.